The summed E-state index contributed by atoms with van der Waals surface area (Å²) >= 11 is 4.17. The van der Waals surface area contributed by atoms with Crippen LogP contribution >= 0.6 is 12.6 Å². The average Bonchev–Trinajstić information content (AvgIpc) is 2.34. The van der Waals surface area contributed by atoms with Crippen LogP contribution in [0.4, 0.5) is 0 Å². The molecule has 1 aliphatic heterocycles. The summed E-state index contributed by atoms with van der Waals surface area (Å²) in [5.41, 5.74) is 0. The van der Waals surface area contributed by atoms with E-state index in [2.05, 4.69) is 17.5 Å². The van der Waals surface area contributed by atoms with Gasteiger partial charge in [0.05, 0.1) is 0 Å². The van der Waals surface area contributed by atoms with E-state index in [0.29, 0.717) is 0 Å². The van der Waals surface area contributed by atoms with Crippen LogP contribution in [0.2, 0.25) is 0 Å². The molecule has 1 fully saturated rings. The molecule has 0 aromatic heterocycles. The lowest BCUT2D eigenvalue weighted by molar-refractivity contribution is 0.341. The van der Waals surface area contributed by atoms with Gasteiger partial charge in [0.15, 0.2) is 0 Å². The molecule has 0 radical (unpaired) electrons. The molecule has 2 heteroatoms. The van der Waals surface area contributed by atoms with Gasteiger partial charge in [-0.2, -0.15) is 12.6 Å². The number of likely N-dealkylation sites (tertiary alicyclic amines) is 1. The van der Waals surface area contributed by atoms with Crippen molar-refractivity contribution in [2.75, 3.05) is 25.4 Å². The molecule has 0 bridgehead atoms. The molecule has 1 nitrogen and oxygen atoms in total. The fraction of sp³-hybridized carbons (Fsp3) is 1.00. The zero-order valence-electron chi connectivity index (χ0n) is 5.84. The number of rotatable bonds is 3. The van der Waals surface area contributed by atoms with Crippen LogP contribution in [0.5, 0.6) is 0 Å². The number of thiol groups is 1. The summed E-state index contributed by atoms with van der Waals surface area (Å²) in [5, 5.41) is 0. The third-order valence-corrected chi connectivity index (χ3v) is 2.15. The monoisotopic (exact) mass is 145 g/mol. The Morgan fingerprint density at radius 3 is 2.44 bits per heavy atom. The van der Waals surface area contributed by atoms with Gasteiger partial charge in [0.1, 0.15) is 0 Å². The van der Waals surface area contributed by atoms with Gasteiger partial charge in [-0.25, -0.2) is 0 Å². The quantitative estimate of drug-likeness (QED) is 0.588. The van der Waals surface area contributed by atoms with E-state index in [0.717, 1.165) is 5.75 Å². The number of nitrogens with zero attached hydrogens (tertiary/aromatic N) is 1. The Morgan fingerprint density at radius 1 is 1.22 bits per heavy atom. The molecule has 1 aliphatic rings. The highest BCUT2D eigenvalue weighted by molar-refractivity contribution is 7.80. The molecule has 1 saturated heterocycles. The van der Waals surface area contributed by atoms with Crippen LogP contribution in [-0.2, 0) is 0 Å². The standard InChI is InChI=1S/C7H15NS/c9-7-3-6-8-4-1-2-5-8/h9H,1-7H2. The van der Waals surface area contributed by atoms with E-state index < -0.39 is 0 Å². The third kappa shape index (κ3) is 2.59. The van der Waals surface area contributed by atoms with E-state index in [1.54, 1.807) is 0 Å². The van der Waals surface area contributed by atoms with E-state index in [-0.39, 0.29) is 0 Å². The van der Waals surface area contributed by atoms with Gasteiger partial charge in [0, 0.05) is 0 Å². The predicted octanol–water partition coefficient (Wildman–Crippen LogP) is 1.40. The molecule has 0 saturated carbocycles. The van der Waals surface area contributed by atoms with Crippen LogP contribution in [0.3, 0.4) is 0 Å². The second kappa shape index (κ2) is 4.18. The lowest BCUT2D eigenvalue weighted by atomic mass is 10.4. The highest BCUT2D eigenvalue weighted by atomic mass is 32.1. The molecular formula is C7H15NS. The molecule has 0 unspecified atom stereocenters. The maximum absolute atomic E-state index is 4.17. The van der Waals surface area contributed by atoms with Crippen molar-refractivity contribution in [1.82, 2.24) is 4.90 Å². The van der Waals surface area contributed by atoms with E-state index in [9.17, 15) is 0 Å². The molecule has 9 heavy (non-hydrogen) atoms. The topological polar surface area (TPSA) is 3.24 Å². The second-order valence-corrected chi connectivity index (χ2v) is 3.07. The number of hydrogen-bond acceptors (Lipinski definition) is 2. The first kappa shape index (κ1) is 7.42. The van der Waals surface area contributed by atoms with Crippen molar-refractivity contribution >= 4 is 12.6 Å². The van der Waals surface area contributed by atoms with Crippen molar-refractivity contribution in [3.8, 4) is 0 Å². The van der Waals surface area contributed by atoms with Crippen LogP contribution in [0.25, 0.3) is 0 Å². The molecular weight excluding hydrogens is 130 g/mol. The summed E-state index contributed by atoms with van der Waals surface area (Å²) in [6, 6.07) is 0. The van der Waals surface area contributed by atoms with Crippen LogP contribution in [0.1, 0.15) is 19.3 Å². The predicted molar refractivity (Wildman–Crippen MR) is 44.1 cm³/mol. The van der Waals surface area contributed by atoms with E-state index in [1.165, 1.54) is 38.9 Å². The van der Waals surface area contributed by atoms with Crippen LogP contribution in [0.15, 0.2) is 0 Å². The van der Waals surface area contributed by atoms with Gasteiger partial charge in [-0.05, 0) is 44.6 Å². The van der Waals surface area contributed by atoms with Crippen molar-refractivity contribution in [2.24, 2.45) is 0 Å². The van der Waals surface area contributed by atoms with Crippen molar-refractivity contribution in [3.63, 3.8) is 0 Å². The minimum atomic E-state index is 1.04. The first-order valence-corrected chi connectivity index (χ1v) is 4.40. The Balaban J connectivity index is 1.98. The van der Waals surface area contributed by atoms with Gasteiger partial charge >= 0.3 is 0 Å². The van der Waals surface area contributed by atoms with Crippen LogP contribution < -0.4 is 0 Å². The fourth-order valence-electron chi connectivity index (χ4n) is 1.30. The zero-order chi connectivity index (χ0) is 6.53. The first-order valence-electron chi connectivity index (χ1n) is 3.76. The third-order valence-electron chi connectivity index (χ3n) is 1.83. The van der Waals surface area contributed by atoms with Gasteiger partial charge in [-0.3, -0.25) is 0 Å². The Labute approximate surface area is 62.8 Å². The molecule has 0 aliphatic carbocycles. The first-order chi connectivity index (χ1) is 4.43. The van der Waals surface area contributed by atoms with E-state index >= 15 is 0 Å². The summed E-state index contributed by atoms with van der Waals surface area (Å²) in [4.78, 5) is 2.52. The summed E-state index contributed by atoms with van der Waals surface area (Å²) in [7, 11) is 0. The molecule has 1 heterocycles. The smallest absolute Gasteiger partial charge is 0.00110 e. The Kier molecular flexibility index (Phi) is 3.44. The zero-order valence-corrected chi connectivity index (χ0v) is 6.74. The Bertz CT molecular complexity index is 69.3. The molecule has 54 valence electrons. The van der Waals surface area contributed by atoms with Crippen LogP contribution in [-0.4, -0.2) is 30.3 Å². The largest absolute Gasteiger partial charge is 0.303 e. The van der Waals surface area contributed by atoms with Crippen LogP contribution in [0, 0.1) is 0 Å². The molecule has 0 N–H and O–H groups in total. The summed E-state index contributed by atoms with van der Waals surface area (Å²) in [5.74, 6) is 1.04. The molecule has 0 amide bonds. The van der Waals surface area contributed by atoms with Crippen molar-refractivity contribution in [1.29, 1.82) is 0 Å². The fourth-order valence-corrected chi connectivity index (χ4v) is 1.44. The van der Waals surface area contributed by atoms with Gasteiger partial charge in [-0.15, -0.1) is 0 Å². The molecule has 0 atom stereocenters. The Hall–Kier alpha value is 0.310. The lowest BCUT2D eigenvalue weighted by Crippen LogP contribution is -2.20. The highest BCUT2D eigenvalue weighted by Crippen LogP contribution is 2.07. The molecule has 1 rings (SSSR count). The summed E-state index contributed by atoms with van der Waals surface area (Å²) in [6.07, 6.45) is 4.07. The van der Waals surface area contributed by atoms with E-state index in [1.807, 2.05) is 0 Å². The lowest BCUT2D eigenvalue weighted by Gasteiger charge is -2.12. The van der Waals surface area contributed by atoms with Crippen molar-refractivity contribution < 1.29 is 0 Å². The number of hydrogen-bond donors (Lipinski definition) is 1. The average molecular weight is 145 g/mol. The normalized spacial score (nSPS) is 21.0. The van der Waals surface area contributed by atoms with Gasteiger partial charge < -0.3 is 4.90 Å². The van der Waals surface area contributed by atoms with Gasteiger partial charge in [0.25, 0.3) is 0 Å². The Morgan fingerprint density at radius 2 is 1.89 bits per heavy atom. The minimum absolute atomic E-state index is 1.04. The second-order valence-electron chi connectivity index (χ2n) is 2.63. The van der Waals surface area contributed by atoms with Gasteiger partial charge in [-0.1, -0.05) is 0 Å². The maximum atomic E-state index is 4.17. The van der Waals surface area contributed by atoms with Crippen molar-refractivity contribution in [3.05, 3.63) is 0 Å². The molecule has 0 aromatic carbocycles. The molecule has 0 spiro atoms. The van der Waals surface area contributed by atoms with Gasteiger partial charge in [0.2, 0.25) is 0 Å². The SMILES string of the molecule is SCCCN1CCCC1. The maximum Gasteiger partial charge on any atom is -0.00110 e. The minimum Gasteiger partial charge on any atom is -0.303 e. The summed E-state index contributed by atoms with van der Waals surface area (Å²) in [6.45, 7) is 3.92. The van der Waals surface area contributed by atoms with E-state index in [4.69, 9.17) is 0 Å². The summed E-state index contributed by atoms with van der Waals surface area (Å²) < 4.78 is 0. The molecule has 0 aromatic rings. The highest BCUT2D eigenvalue weighted by Gasteiger charge is 2.09. The van der Waals surface area contributed by atoms with Crippen molar-refractivity contribution in [2.45, 2.75) is 19.3 Å².